The van der Waals surface area contributed by atoms with Gasteiger partial charge in [-0.05, 0) is 60.2 Å². The van der Waals surface area contributed by atoms with Gasteiger partial charge in [0, 0.05) is 0 Å². The highest BCUT2D eigenvalue weighted by Crippen LogP contribution is 2.29. The Kier molecular flexibility index (Phi) is 6.13. The number of aromatic amines is 1. The number of carboxylic acid groups (broad SMARTS) is 1. The Hall–Kier alpha value is -4.85. The van der Waals surface area contributed by atoms with Crippen LogP contribution >= 0.6 is 0 Å². The summed E-state index contributed by atoms with van der Waals surface area (Å²) >= 11 is 0. The van der Waals surface area contributed by atoms with Gasteiger partial charge in [0.2, 0.25) is 0 Å². The predicted octanol–water partition coefficient (Wildman–Crippen LogP) is 2.33. The number of esters is 1. The molecule has 8 heteroatoms. The SMILES string of the molecule is C=c1[nH]n(-c2ccc(C(=O)O)cc2)c(=O)/c1=C\c1ccc(OC(=O)c2ccccc2)c(OC)c1. The number of aromatic carboxylic acids is 1. The van der Waals surface area contributed by atoms with Gasteiger partial charge in [-0.2, -0.15) is 0 Å². The first kappa shape index (κ1) is 22.3. The van der Waals surface area contributed by atoms with Crippen molar-refractivity contribution >= 4 is 24.6 Å². The van der Waals surface area contributed by atoms with Crippen molar-refractivity contribution in [1.29, 1.82) is 0 Å². The average molecular weight is 456 g/mol. The highest BCUT2D eigenvalue weighted by atomic mass is 16.6. The second kappa shape index (κ2) is 9.33. The molecule has 1 aromatic heterocycles. The number of nitrogens with zero attached hydrogens (tertiary/aromatic N) is 1. The minimum atomic E-state index is -1.05. The quantitative estimate of drug-likeness (QED) is 0.340. The Morgan fingerprint density at radius 1 is 0.971 bits per heavy atom. The van der Waals surface area contributed by atoms with Crippen LogP contribution in [0.4, 0.5) is 0 Å². The van der Waals surface area contributed by atoms with E-state index in [1.165, 1.54) is 36.1 Å². The lowest BCUT2D eigenvalue weighted by molar-refractivity contribution is 0.0694. The summed E-state index contributed by atoms with van der Waals surface area (Å²) in [6.07, 6.45) is 1.63. The lowest BCUT2D eigenvalue weighted by Gasteiger charge is -2.10. The van der Waals surface area contributed by atoms with E-state index < -0.39 is 11.9 Å². The van der Waals surface area contributed by atoms with E-state index in [0.29, 0.717) is 33.1 Å². The van der Waals surface area contributed by atoms with Gasteiger partial charge in [0.15, 0.2) is 11.5 Å². The maximum absolute atomic E-state index is 13.0. The van der Waals surface area contributed by atoms with Gasteiger partial charge < -0.3 is 14.6 Å². The van der Waals surface area contributed by atoms with E-state index in [1.54, 1.807) is 54.6 Å². The average Bonchev–Trinajstić information content (AvgIpc) is 3.13. The molecular weight excluding hydrogens is 436 g/mol. The van der Waals surface area contributed by atoms with E-state index >= 15 is 0 Å². The molecule has 1 heterocycles. The summed E-state index contributed by atoms with van der Waals surface area (Å²) < 4.78 is 12.1. The number of carbonyl (C=O) groups excluding carboxylic acids is 1. The molecule has 0 saturated heterocycles. The van der Waals surface area contributed by atoms with Gasteiger partial charge in [-0.1, -0.05) is 30.8 Å². The van der Waals surface area contributed by atoms with Crippen LogP contribution in [0.2, 0.25) is 0 Å². The number of carboxylic acids is 1. The molecule has 0 saturated carbocycles. The largest absolute Gasteiger partial charge is 0.493 e. The zero-order valence-corrected chi connectivity index (χ0v) is 18.1. The third kappa shape index (κ3) is 4.51. The highest BCUT2D eigenvalue weighted by Gasteiger charge is 2.13. The Morgan fingerprint density at radius 3 is 2.32 bits per heavy atom. The Bertz CT molecular complexity index is 1530. The van der Waals surface area contributed by atoms with Crippen molar-refractivity contribution in [2.45, 2.75) is 0 Å². The molecule has 2 N–H and O–H groups in total. The smallest absolute Gasteiger partial charge is 0.343 e. The van der Waals surface area contributed by atoms with E-state index in [4.69, 9.17) is 14.6 Å². The molecule has 0 aliphatic carbocycles. The third-order valence-electron chi connectivity index (χ3n) is 5.09. The van der Waals surface area contributed by atoms with Crippen molar-refractivity contribution in [3.05, 3.63) is 110 Å². The minimum Gasteiger partial charge on any atom is -0.493 e. The number of hydrogen-bond acceptors (Lipinski definition) is 5. The van der Waals surface area contributed by atoms with Crippen LogP contribution < -0.4 is 25.6 Å². The van der Waals surface area contributed by atoms with Gasteiger partial charge in [-0.15, -0.1) is 0 Å². The van der Waals surface area contributed by atoms with Crippen molar-refractivity contribution < 1.29 is 24.2 Å². The number of benzene rings is 3. The van der Waals surface area contributed by atoms with Crippen LogP contribution in [0.15, 0.2) is 77.6 Å². The first-order valence-electron chi connectivity index (χ1n) is 10.2. The normalized spacial score (nSPS) is 11.3. The van der Waals surface area contributed by atoms with E-state index in [-0.39, 0.29) is 16.9 Å². The molecule has 8 nitrogen and oxygen atoms in total. The molecule has 170 valence electrons. The van der Waals surface area contributed by atoms with Crippen LogP contribution in [-0.2, 0) is 0 Å². The number of H-pyrrole nitrogens is 1. The summed E-state index contributed by atoms with van der Waals surface area (Å²) in [5.41, 5.74) is 1.27. The summed E-state index contributed by atoms with van der Waals surface area (Å²) in [5.74, 6) is -1.00. The molecule has 0 fully saturated rings. The number of rotatable bonds is 6. The van der Waals surface area contributed by atoms with E-state index in [2.05, 4.69) is 11.7 Å². The maximum Gasteiger partial charge on any atom is 0.343 e. The van der Waals surface area contributed by atoms with Crippen LogP contribution in [0.1, 0.15) is 26.3 Å². The summed E-state index contributed by atoms with van der Waals surface area (Å²) in [6.45, 7) is 3.90. The Morgan fingerprint density at radius 2 is 1.68 bits per heavy atom. The first-order chi connectivity index (χ1) is 16.4. The second-order valence-electron chi connectivity index (χ2n) is 7.31. The first-order valence-corrected chi connectivity index (χ1v) is 10.2. The topological polar surface area (TPSA) is 111 Å². The summed E-state index contributed by atoms with van der Waals surface area (Å²) in [5, 5.41) is 12.6. The van der Waals surface area contributed by atoms with Crippen molar-refractivity contribution in [2.75, 3.05) is 7.11 Å². The van der Waals surface area contributed by atoms with E-state index in [1.807, 2.05) is 0 Å². The number of ether oxygens (including phenoxy) is 2. The fraction of sp³-hybridized carbons (Fsp3) is 0.0385. The fourth-order valence-corrected chi connectivity index (χ4v) is 3.34. The molecule has 3 aromatic carbocycles. The van der Waals surface area contributed by atoms with Crippen LogP contribution in [0, 0.1) is 0 Å². The molecule has 4 aromatic rings. The van der Waals surface area contributed by atoms with Crippen molar-refractivity contribution in [3.8, 4) is 17.2 Å². The number of methoxy groups -OCH3 is 1. The van der Waals surface area contributed by atoms with Gasteiger partial charge in [0.25, 0.3) is 5.56 Å². The third-order valence-corrected chi connectivity index (χ3v) is 5.09. The van der Waals surface area contributed by atoms with Crippen molar-refractivity contribution in [1.82, 2.24) is 9.78 Å². The van der Waals surface area contributed by atoms with Crippen molar-refractivity contribution in [2.24, 2.45) is 0 Å². The molecule has 34 heavy (non-hydrogen) atoms. The fourth-order valence-electron chi connectivity index (χ4n) is 3.34. The zero-order valence-electron chi connectivity index (χ0n) is 18.1. The summed E-state index contributed by atoms with van der Waals surface area (Å²) in [4.78, 5) is 36.4. The van der Waals surface area contributed by atoms with Crippen LogP contribution in [0.3, 0.4) is 0 Å². The molecule has 0 bridgehead atoms. The maximum atomic E-state index is 13.0. The molecule has 0 amide bonds. The molecule has 0 aliphatic rings. The Balaban J connectivity index is 1.67. The highest BCUT2D eigenvalue weighted by molar-refractivity contribution is 5.91. The molecule has 0 unspecified atom stereocenters. The van der Waals surface area contributed by atoms with E-state index in [0.717, 1.165) is 0 Å². The van der Waals surface area contributed by atoms with Gasteiger partial charge in [-0.3, -0.25) is 9.89 Å². The number of nitrogens with one attached hydrogen (secondary N) is 1. The minimum absolute atomic E-state index is 0.116. The van der Waals surface area contributed by atoms with Crippen molar-refractivity contribution in [3.63, 3.8) is 0 Å². The monoisotopic (exact) mass is 456 g/mol. The molecule has 0 atom stereocenters. The molecular formula is C26H20N2O6. The van der Waals surface area contributed by atoms with E-state index in [9.17, 15) is 14.4 Å². The number of carbonyl (C=O) groups is 2. The van der Waals surface area contributed by atoms with Gasteiger partial charge in [0.1, 0.15) is 0 Å². The van der Waals surface area contributed by atoms with Crippen LogP contribution in [-0.4, -0.2) is 33.9 Å². The Labute approximate surface area is 193 Å². The van der Waals surface area contributed by atoms with Crippen LogP contribution in [0.25, 0.3) is 18.3 Å². The van der Waals surface area contributed by atoms with Gasteiger partial charge >= 0.3 is 11.9 Å². The van der Waals surface area contributed by atoms with Gasteiger partial charge in [0.05, 0.1) is 34.5 Å². The molecule has 0 spiro atoms. The summed E-state index contributed by atoms with van der Waals surface area (Å²) in [7, 11) is 1.45. The van der Waals surface area contributed by atoms with Gasteiger partial charge in [-0.25, -0.2) is 14.3 Å². The zero-order chi connectivity index (χ0) is 24.2. The molecule has 4 rings (SSSR count). The van der Waals surface area contributed by atoms with Crippen LogP contribution in [0.5, 0.6) is 11.5 Å². The molecule has 0 radical (unpaired) electrons. The predicted molar refractivity (Wildman–Crippen MR) is 126 cm³/mol. The number of aromatic nitrogens is 2. The summed E-state index contributed by atoms with van der Waals surface area (Å²) in [6, 6.07) is 19.4. The lowest BCUT2D eigenvalue weighted by Crippen LogP contribution is -2.33. The standard InChI is InChI=1S/C26H20N2O6/c1-16-21(24(29)28(27-16)20-11-9-18(10-12-20)25(30)31)14-17-8-13-22(23(15-17)33-2)34-26(32)19-6-4-3-5-7-19/h3-15,27H,1H2,2H3,(H,30,31)/b21-14-. The lowest BCUT2D eigenvalue weighted by atomic mass is 10.1. The second-order valence-corrected chi connectivity index (χ2v) is 7.31. The number of hydrogen-bond donors (Lipinski definition) is 2. The molecule has 0 aliphatic heterocycles.